The topological polar surface area (TPSA) is 292 Å². The van der Waals surface area contributed by atoms with Crippen LogP contribution in [0.1, 0.15) is 69.7 Å². The molecule has 5 rings (SSSR count). The van der Waals surface area contributed by atoms with Gasteiger partial charge in [-0.3, -0.25) is 39.4 Å². The number of benzene rings is 3. The van der Waals surface area contributed by atoms with Crippen LogP contribution in [-0.4, -0.2) is 113 Å². The predicted octanol–water partition coefficient (Wildman–Crippen LogP) is 1.48. The molecular formula is C43H55N7O13. The SMILES string of the molecule is CCC(COC(=O)CCC(NC(=O)C(C)NC(=O)C(C)OC1C(O)C(CO)OC(OCc2ccccc2)C1NC(C)=O)C(N)=O)NC1c2ccccc2Nc2cccc([N+](=O)[O-])c21. The van der Waals surface area contributed by atoms with Crippen LogP contribution in [0.25, 0.3) is 0 Å². The third kappa shape index (κ3) is 12.6. The van der Waals surface area contributed by atoms with E-state index in [1.54, 1.807) is 12.1 Å². The normalized spacial score (nSPS) is 22.1. The van der Waals surface area contributed by atoms with Gasteiger partial charge in [0.25, 0.3) is 5.69 Å². The average molecular weight is 878 g/mol. The van der Waals surface area contributed by atoms with E-state index >= 15 is 0 Å². The number of primary amides is 1. The summed E-state index contributed by atoms with van der Waals surface area (Å²) >= 11 is 0. The molecular weight excluding hydrogens is 823 g/mol. The smallest absolute Gasteiger partial charge is 0.305 e. The molecule has 20 nitrogen and oxygen atoms in total. The zero-order valence-corrected chi connectivity index (χ0v) is 35.4. The van der Waals surface area contributed by atoms with Crippen LogP contribution < -0.4 is 32.3 Å². The molecule has 10 unspecified atom stereocenters. The zero-order chi connectivity index (χ0) is 45.8. The number of anilines is 2. The number of nitrogens with zero attached hydrogens (tertiary/aromatic N) is 1. The molecule has 2 heterocycles. The molecule has 0 radical (unpaired) electrons. The number of hydrogen-bond acceptors (Lipinski definition) is 15. The fourth-order valence-corrected chi connectivity index (χ4v) is 7.30. The van der Waals surface area contributed by atoms with Gasteiger partial charge in [-0.25, -0.2) is 0 Å². The number of fused-ring (bicyclic) bond motifs is 2. The van der Waals surface area contributed by atoms with Crippen molar-refractivity contribution < 1.29 is 58.1 Å². The van der Waals surface area contributed by atoms with Gasteiger partial charge in [-0.05, 0) is 49.9 Å². The molecule has 1 fully saturated rings. The van der Waals surface area contributed by atoms with Crippen molar-refractivity contribution in [3.05, 3.63) is 99.6 Å². The van der Waals surface area contributed by atoms with Crippen molar-refractivity contribution in [2.45, 2.75) is 114 Å². The van der Waals surface area contributed by atoms with Gasteiger partial charge in [-0.2, -0.15) is 0 Å². The summed E-state index contributed by atoms with van der Waals surface area (Å²) < 4.78 is 23.2. The minimum atomic E-state index is -1.51. The summed E-state index contributed by atoms with van der Waals surface area (Å²) in [6.45, 7) is 5.11. The van der Waals surface area contributed by atoms with E-state index in [-0.39, 0.29) is 31.7 Å². The number of nitrogens with one attached hydrogen (secondary N) is 5. The van der Waals surface area contributed by atoms with Crippen LogP contribution in [0, 0.1) is 10.1 Å². The minimum absolute atomic E-state index is 0.0514. The van der Waals surface area contributed by atoms with Gasteiger partial charge < -0.3 is 56.2 Å². The Morgan fingerprint density at radius 2 is 1.67 bits per heavy atom. The number of carbonyl (C=O) groups excluding carboxylic acids is 5. The summed E-state index contributed by atoms with van der Waals surface area (Å²) in [7, 11) is 0. The highest BCUT2D eigenvalue weighted by molar-refractivity contribution is 5.92. The molecule has 0 spiro atoms. The van der Waals surface area contributed by atoms with Crippen LogP contribution >= 0.6 is 0 Å². The number of rotatable bonds is 21. The maximum absolute atomic E-state index is 13.3. The molecule has 340 valence electrons. The first-order valence-electron chi connectivity index (χ1n) is 20.6. The molecule has 3 aromatic rings. The van der Waals surface area contributed by atoms with Crippen LogP contribution in [0.5, 0.6) is 0 Å². The molecule has 10 atom stereocenters. The minimum Gasteiger partial charge on any atom is -0.464 e. The Morgan fingerprint density at radius 3 is 2.33 bits per heavy atom. The number of nitro benzene ring substituents is 1. The second kappa shape index (κ2) is 22.4. The zero-order valence-electron chi connectivity index (χ0n) is 35.4. The number of nitro groups is 1. The third-order valence-electron chi connectivity index (χ3n) is 10.7. The van der Waals surface area contributed by atoms with E-state index in [0.29, 0.717) is 17.7 Å². The van der Waals surface area contributed by atoms with Crippen molar-refractivity contribution >= 4 is 46.7 Å². The maximum Gasteiger partial charge on any atom is 0.305 e. The van der Waals surface area contributed by atoms with E-state index < -0.39 is 102 Å². The Kier molecular flexibility index (Phi) is 17.0. The van der Waals surface area contributed by atoms with Crippen molar-refractivity contribution in [3.8, 4) is 0 Å². The predicted molar refractivity (Wildman–Crippen MR) is 226 cm³/mol. The summed E-state index contributed by atoms with van der Waals surface area (Å²) in [5, 5.41) is 47.3. The van der Waals surface area contributed by atoms with E-state index in [4.69, 9.17) is 24.7 Å². The summed E-state index contributed by atoms with van der Waals surface area (Å²) in [5.41, 5.74) is 8.84. The van der Waals surface area contributed by atoms with Gasteiger partial charge >= 0.3 is 5.97 Å². The van der Waals surface area contributed by atoms with E-state index in [1.165, 1.54) is 26.8 Å². The Labute approximate surface area is 363 Å². The lowest BCUT2D eigenvalue weighted by molar-refractivity contribution is -0.385. The van der Waals surface area contributed by atoms with Crippen LogP contribution in [0.2, 0.25) is 0 Å². The summed E-state index contributed by atoms with van der Waals surface area (Å²) in [6, 6.07) is 16.5. The van der Waals surface area contributed by atoms with Crippen LogP contribution in [0.3, 0.4) is 0 Å². The maximum atomic E-state index is 13.3. The van der Waals surface area contributed by atoms with Crippen LogP contribution in [-0.2, 0) is 49.5 Å². The number of aliphatic hydroxyl groups excluding tert-OH is 2. The number of hydrogen-bond donors (Lipinski definition) is 8. The monoisotopic (exact) mass is 877 g/mol. The number of amides is 4. The van der Waals surface area contributed by atoms with E-state index in [2.05, 4.69) is 26.6 Å². The lowest BCUT2D eigenvalue weighted by Gasteiger charge is -2.44. The first kappa shape index (κ1) is 48.0. The molecule has 3 aromatic carbocycles. The molecule has 0 saturated carbocycles. The quantitative estimate of drug-likeness (QED) is 0.0427. The van der Waals surface area contributed by atoms with Gasteiger partial charge in [0.1, 0.15) is 49.1 Å². The number of ether oxygens (including phenoxy) is 4. The first-order valence-corrected chi connectivity index (χ1v) is 20.6. The van der Waals surface area contributed by atoms with Crippen molar-refractivity contribution in [2.24, 2.45) is 5.73 Å². The van der Waals surface area contributed by atoms with E-state index in [1.807, 2.05) is 61.5 Å². The molecule has 9 N–H and O–H groups in total. The molecule has 0 aliphatic carbocycles. The molecule has 1 saturated heterocycles. The molecule has 0 bridgehead atoms. The lowest BCUT2D eigenvalue weighted by atomic mass is 9.90. The Hall–Kier alpha value is -6.03. The molecule has 0 aromatic heterocycles. The van der Waals surface area contributed by atoms with E-state index in [0.717, 1.165) is 16.8 Å². The summed E-state index contributed by atoms with van der Waals surface area (Å²) in [5.74, 6) is -3.75. The summed E-state index contributed by atoms with van der Waals surface area (Å²) in [4.78, 5) is 75.6. The molecule has 63 heavy (non-hydrogen) atoms. The van der Waals surface area contributed by atoms with Crippen LogP contribution in [0.4, 0.5) is 17.1 Å². The lowest BCUT2D eigenvalue weighted by Crippen LogP contribution is -2.66. The van der Waals surface area contributed by atoms with Gasteiger partial charge in [0.2, 0.25) is 23.6 Å². The fraction of sp³-hybridized carbons (Fsp3) is 0.465. The fourth-order valence-electron chi connectivity index (χ4n) is 7.30. The third-order valence-corrected chi connectivity index (χ3v) is 10.7. The van der Waals surface area contributed by atoms with Crippen molar-refractivity contribution in [2.75, 3.05) is 18.5 Å². The van der Waals surface area contributed by atoms with Crippen molar-refractivity contribution in [3.63, 3.8) is 0 Å². The number of aliphatic hydroxyl groups is 2. The molecule has 2 aliphatic heterocycles. The van der Waals surface area contributed by atoms with Crippen molar-refractivity contribution in [1.29, 1.82) is 0 Å². The van der Waals surface area contributed by atoms with E-state index in [9.17, 15) is 44.3 Å². The van der Waals surface area contributed by atoms with Gasteiger partial charge in [-0.15, -0.1) is 0 Å². The molecule has 4 amide bonds. The molecule has 2 aliphatic rings. The van der Waals surface area contributed by atoms with Gasteiger partial charge in [0.05, 0.1) is 35.4 Å². The largest absolute Gasteiger partial charge is 0.464 e. The highest BCUT2D eigenvalue weighted by Gasteiger charge is 2.48. The first-order chi connectivity index (χ1) is 30.1. The highest BCUT2D eigenvalue weighted by Crippen LogP contribution is 2.44. The average Bonchev–Trinajstić information content (AvgIpc) is 3.26. The van der Waals surface area contributed by atoms with Gasteiger partial charge in [0.15, 0.2) is 6.29 Å². The standard InChI is InChI=1S/C43H55N7O13/c1-5-27(47-36-28-14-9-10-15-29(28)48-30-16-11-17-32(35(30)36)50(58)59)22-60-34(53)19-18-31(40(44)55)49-41(56)23(2)45-42(57)24(3)62-39-37(46-25(4)52)43(63-33(20-51)38(39)54)61-21-26-12-7-6-8-13-26/h6-17,23-24,27,31,33,36-39,43,47-48,51,54H,5,18-22H2,1-4H3,(H2,44,55)(H,45,57)(H,46,52)(H,49,56). The second-order valence-electron chi connectivity index (χ2n) is 15.3. The number of esters is 1. The Bertz CT molecular complexity index is 2090. The Balaban J connectivity index is 1.14. The highest BCUT2D eigenvalue weighted by atomic mass is 16.7. The second-order valence-corrected chi connectivity index (χ2v) is 15.3. The number of carbonyl (C=O) groups is 5. The molecule has 20 heteroatoms. The summed E-state index contributed by atoms with van der Waals surface area (Å²) in [6.07, 6.45) is -6.61. The van der Waals surface area contributed by atoms with Gasteiger partial charge in [-0.1, -0.05) is 61.5 Å². The number of para-hydroxylation sites is 1. The van der Waals surface area contributed by atoms with Crippen LogP contribution in [0.15, 0.2) is 72.8 Å². The van der Waals surface area contributed by atoms with Crippen molar-refractivity contribution in [1.82, 2.24) is 21.3 Å². The number of nitrogens with two attached hydrogens (primary N) is 1. The Morgan fingerprint density at radius 1 is 0.968 bits per heavy atom. The van der Waals surface area contributed by atoms with Gasteiger partial charge in [0, 0.05) is 31.1 Å².